The van der Waals surface area contributed by atoms with Gasteiger partial charge in [0.05, 0.1) is 0 Å². The van der Waals surface area contributed by atoms with E-state index in [4.69, 9.17) is 19.8 Å². The maximum absolute atomic E-state index is 9.10. The second-order valence-electron chi connectivity index (χ2n) is 0.610. The van der Waals surface area contributed by atoms with E-state index in [2.05, 4.69) is 0 Å². The Balaban J connectivity index is -0.0000000125. The number of carbonyl (C=O) groups is 2. The molecule has 0 aromatic heterocycles. The molecule has 2 N–H and O–H groups in total. The first-order valence-electron chi connectivity index (χ1n) is 1.11. The Morgan fingerprint density at radius 2 is 1.25 bits per heavy atom. The second kappa shape index (κ2) is 8.34. The molecule has 0 fully saturated rings. The number of hydrogen-bond donors (Lipinski definition) is 2. The Morgan fingerprint density at radius 3 is 1.25 bits per heavy atom. The summed E-state index contributed by atoms with van der Waals surface area (Å²) in [5, 5.41) is 14.8. The van der Waals surface area contributed by atoms with Crippen LogP contribution in [0, 0.1) is 0 Å². The Morgan fingerprint density at radius 1 is 1.12 bits per heavy atom. The SMILES string of the molecule is O=C(O)C(=O)O.[H-].[H-].[H-].[K+].[Mg+2]. The number of aliphatic carboxylic acids is 2. The third-order valence-corrected chi connectivity index (χ3v) is 0.183. The molecule has 0 aromatic rings. The zero-order valence-electron chi connectivity index (χ0n) is 7.42. The Hall–Kier alpha value is 1.34. The van der Waals surface area contributed by atoms with Crippen molar-refractivity contribution in [3.05, 3.63) is 0 Å². The summed E-state index contributed by atoms with van der Waals surface area (Å²) in [6, 6.07) is 0. The van der Waals surface area contributed by atoms with E-state index in [9.17, 15) is 0 Å². The van der Waals surface area contributed by atoms with Gasteiger partial charge in [0.2, 0.25) is 0 Å². The molecule has 0 radical (unpaired) electrons. The Kier molecular flexibility index (Phi) is 16.9. The predicted molar refractivity (Wildman–Crippen MR) is 24.4 cm³/mol. The first kappa shape index (κ1) is 16.2. The summed E-state index contributed by atoms with van der Waals surface area (Å²) >= 11 is 0. The molecule has 0 aliphatic carbocycles. The monoisotopic (exact) mass is 156 g/mol. The molecule has 0 aromatic carbocycles. The summed E-state index contributed by atoms with van der Waals surface area (Å²) < 4.78 is 0. The molecule has 6 heteroatoms. The van der Waals surface area contributed by atoms with Crippen LogP contribution in [-0.2, 0) is 9.59 Å². The van der Waals surface area contributed by atoms with E-state index in [-0.39, 0.29) is 78.7 Å². The molecule has 0 atom stereocenters. The minimum Gasteiger partial charge on any atom is -1.00 e. The van der Waals surface area contributed by atoms with Gasteiger partial charge in [0.1, 0.15) is 0 Å². The maximum Gasteiger partial charge on any atom is 2.00 e. The van der Waals surface area contributed by atoms with Gasteiger partial charge in [-0.2, -0.15) is 0 Å². The van der Waals surface area contributed by atoms with E-state index in [1.54, 1.807) is 0 Å². The molecule has 0 bridgehead atoms. The van der Waals surface area contributed by atoms with Crippen LogP contribution >= 0.6 is 0 Å². The van der Waals surface area contributed by atoms with Crippen molar-refractivity contribution in [2.24, 2.45) is 0 Å². The summed E-state index contributed by atoms with van der Waals surface area (Å²) in [6.45, 7) is 0. The van der Waals surface area contributed by atoms with Crippen LogP contribution in [0.25, 0.3) is 0 Å². The second-order valence-corrected chi connectivity index (χ2v) is 0.610. The molecule has 0 heterocycles. The molecular formula is C2H5KMgO4. The average molecular weight is 156 g/mol. The molecule has 0 rings (SSSR count). The van der Waals surface area contributed by atoms with Crippen molar-refractivity contribution in [2.75, 3.05) is 0 Å². The van der Waals surface area contributed by atoms with E-state index >= 15 is 0 Å². The van der Waals surface area contributed by atoms with Crippen LogP contribution < -0.4 is 51.4 Å². The third-order valence-electron chi connectivity index (χ3n) is 0.183. The van der Waals surface area contributed by atoms with Crippen LogP contribution in [0.2, 0.25) is 0 Å². The normalized spacial score (nSPS) is 5.50. The van der Waals surface area contributed by atoms with Crippen LogP contribution in [0.15, 0.2) is 0 Å². The molecule has 40 valence electrons. The molecule has 0 aliphatic heterocycles. The van der Waals surface area contributed by atoms with Gasteiger partial charge >= 0.3 is 86.4 Å². The molecule has 0 amide bonds. The molecule has 0 aliphatic rings. The van der Waals surface area contributed by atoms with Crippen molar-refractivity contribution >= 4 is 35.0 Å². The largest absolute Gasteiger partial charge is 2.00 e. The van der Waals surface area contributed by atoms with Crippen molar-refractivity contribution in [2.45, 2.75) is 0 Å². The maximum atomic E-state index is 9.10. The Labute approximate surface area is 109 Å². The average Bonchev–Trinajstić information content (AvgIpc) is 1.36. The summed E-state index contributed by atoms with van der Waals surface area (Å²) in [6.07, 6.45) is 0. The minimum atomic E-state index is -1.82. The van der Waals surface area contributed by atoms with Crippen LogP contribution in [0.1, 0.15) is 4.28 Å². The summed E-state index contributed by atoms with van der Waals surface area (Å²) in [5.74, 6) is -3.65. The number of rotatable bonds is 0. The quantitative estimate of drug-likeness (QED) is 0.278. The van der Waals surface area contributed by atoms with Gasteiger partial charge in [0, 0.05) is 0 Å². The van der Waals surface area contributed by atoms with E-state index in [1.807, 2.05) is 0 Å². The smallest absolute Gasteiger partial charge is 1.00 e. The van der Waals surface area contributed by atoms with Crippen LogP contribution in [0.5, 0.6) is 0 Å². The summed E-state index contributed by atoms with van der Waals surface area (Å²) in [7, 11) is 0. The van der Waals surface area contributed by atoms with E-state index in [1.165, 1.54) is 0 Å². The van der Waals surface area contributed by atoms with Gasteiger partial charge in [-0.05, 0) is 0 Å². The van der Waals surface area contributed by atoms with Crippen molar-refractivity contribution < 1.29 is 75.5 Å². The van der Waals surface area contributed by atoms with E-state index < -0.39 is 11.9 Å². The summed E-state index contributed by atoms with van der Waals surface area (Å²) in [4.78, 5) is 18.2. The number of carboxylic acid groups (broad SMARTS) is 2. The van der Waals surface area contributed by atoms with Crippen molar-refractivity contribution in [1.29, 1.82) is 0 Å². The third kappa shape index (κ3) is 10.3. The molecule has 0 saturated carbocycles. The zero-order chi connectivity index (χ0) is 5.15. The Bertz CT molecular complexity index is 89.3. The molecular weight excluding hydrogens is 151 g/mol. The topological polar surface area (TPSA) is 74.6 Å². The number of carboxylic acids is 2. The van der Waals surface area contributed by atoms with Crippen molar-refractivity contribution in [1.82, 2.24) is 0 Å². The molecule has 8 heavy (non-hydrogen) atoms. The molecule has 4 nitrogen and oxygen atoms in total. The van der Waals surface area contributed by atoms with Crippen molar-refractivity contribution in [3.63, 3.8) is 0 Å². The van der Waals surface area contributed by atoms with Gasteiger partial charge in [-0.25, -0.2) is 9.59 Å². The zero-order valence-corrected chi connectivity index (χ0v) is 8.96. The van der Waals surface area contributed by atoms with E-state index in [0.29, 0.717) is 0 Å². The van der Waals surface area contributed by atoms with E-state index in [0.717, 1.165) is 0 Å². The minimum absolute atomic E-state index is 0. The van der Waals surface area contributed by atoms with Gasteiger partial charge < -0.3 is 14.5 Å². The van der Waals surface area contributed by atoms with Crippen LogP contribution in [0.3, 0.4) is 0 Å². The first-order valence-corrected chi connectivity index (χ1v) is 1.11. The van der Waals surface area contributed by atoms with Crippen LogP contribution in [-0.4, -0.2) is 45.2 Å². The van der Waals surface area contributed by atoms with Gasteiger partial charge in [0.15, 0.2) is 0 Å². The fourth-order valence-electron chi connectivity index (χ4n) is 0. The van der Waals surface area contributed by atoms with Gasteiger partial charge in [-0.3, -0.25) is 0 Å². The van der Waals surface area contributed by atoms with Gasteiger partial charge in [0.25, 0.3) is 0 Å². The summed E-state index contributed by atoms with van der Waals surface area (Å²) in [5.41, 5.74) is 0. The fraction of sp³-hybridized carbons (Fsp3) is 0. The number of hydrogen-bond acceptors (Lipinski definition) is 2. The van der Waals surface area contributed by atoms with Gasteiger partial charge in [-0.15, -0.1) is 0 Å². The standard InChI is InChI=1S/C2H2O4.K.Mg.3H/c3-1(4)2(5)6;;;;;/h(H,3,4)(H,5,6);;;;;/q;+1;+2;3*-1. The van der Waals surface area contributed by atoms with Crippen molar-refractivity contribution in [3.8, 4) is 0 Å². The van der Waals surface area contributed by atoms with Gasteiger partial charge in [-0.1, -0.05) is 0 Å². The van der Waals surface area contributed by atoms with Crippen LogP contribution in [0.4, 0.5) is 0 Å². The predicted octanol–water partition coefficient (Wildman–Crippen LogP) is -3.88. The fourth-order valence-corrected chi connectivity index (χ4v) is 0. The molecule has 0 unspecified atom stereocenters. The molecule has 0 saturated heterocycles. The molecule has 0 spiro atoms. The first-order chi connectivity index (χ1) is 2.64.